The highest BCUT2D eigenvalue weighted by atomic mass is 79.9. The average molecular weight is 336 g/mol. The van der Waals surface area contributed by atoms with Gasteiger partial charge < -0.3 is 10.4 Å². The maximum absolute atomic E-state index is 11.6. The number of rotatable bonds is 5. The topological polar surface area (TPSA) is 91.3 Å². The Bertz CT molecular complexity index is 436. The molecule has 1 aromatic heterocycles. The Kier molecular flexibility index (Phi) is 5.54. The Labute approximate surface area is 117 Å². The second-order valence-corrected chi connectivity index (χ2v) is 6.50. The fourth-order valence-electron chi connectivity index (χ4n) is 1.30. The molecule has 0 aliphatic carbocycles. The summed E-state index contributed by atoms with van der Waals surface area (Å²) in [5.74, 6) is -0.862. The minimum atomic E-state index is -1.04. The van der Waals surface area contributed by atoms with Gasteiger partial charge in [-0.05, 0) is 28.3 Å². The van der Waals surface area contributed by atoms with E-state index in [1.807, 2.05) is 13.8 Å². The molecule has 0 aliphatic heterocycles. The van der Waals surface area contributed by atoms with Crippen molar-refractivity contribution in [3.8, 4) is 0 Å². The van der Waals surface area contributed by atoms with E-state index in [2.05, 4.69) is 31.5 Å². The molecule has 1 atom stereocenters. The van der Waals surface area contributed by atoms with E-state index in [0.29, 0.717) is 11.6 Å². The summed E-state index contributed by atoms with van der Waals surface area (Å²) in [5.41, 5.74) is 0. The van der Waals surface area contributed by atoms with Crippen molar-refractivity contribution in [2.75, 3.05) is 5.32 Å². The minimum absolute atomic E-state index is 0.181. The van der Waals surface area contributed by atoms with E-state index in [4.69, 9.17) is 5.11 Å². The summed E-state index contributed by atoms with van der Waals surface area (Å²) < 4.78 is 0.787. The van der Waals surface area contributed by atoms with Crippen LogP contribution >= 0.6 is 27.3 Å². The molecular weight excluding hydrogens is 322 g/mol. The van der Waals surface area contributed by atoms with Crippen LogP contribution in [0.25, 0.3) is 0 Å². The fraction of sp³-hybridized carbons (Fsp3) is 0.500. The molecule has 18 heavy (non-hydrogen) atoms. The number of aliphatic carboxylic acids is 1. The average Bonchev–Trinajstić information content (AvgIpc) is 2.62. The summed E-state index contributed by atoms with van der Waals surface area (Å²) in [6.45, 7) is 3.79. The van der Waals surface area contributed by atoms with Crippen molar-refractivity contribution in [1.29, 1.82) is 0 Å². The maximum Gasteiger partial charge on any atom is 0.326 e. The number of thiazole rings is 1. The van der Waals surface area contributed by atoms with Gasteiger partial charge in [-0.3, -0.25) is 5.32 Å². The largest absolute Gasteiger partial charge is 0.480 e. The van der Waals surface area contributed by atoms with Crippen LogP contribution in [-0.2, 0) is 4.79 Å². The molecule has 0 aromatic carbocycles. The molecule has 2 amide bonds. The van der Waals surface area contributed by atoms with Gasteiger partial charge in [0, 0.05) is 0 Å². The molecule has 0 saturated carbocycles. The SMILES string of the molecule is CC(C)C[C@H](NC(=O)Nc1ncc(Br)s1)C(=O)O. The van der Waals surface area contributed by atoms with Crippen molar-refractivity contribution in [2.45, 2.75) is 26.3 Å². The number of halogens is 1. The molecule has 0 aliphatic rings. The molecule has 0 saturated heterocycles. The van der Waals surface area contributed by atoms with E-state index in [1.54, 1.807) is 6.20 Å². The smallest absolute Gasteiger partial charge is 0.326 e. The lowest BCUT2D eigenvalue weighted by atomic mass is 10.0. The van der Waals surface area contributed by atoms with E-state index in [1.165, 1.54) is 11.3 Å². The first-order valence-corrected chi connectivity index (χ1v) is 6.91. The standard InChI is InChI=1S/C10H14BrN3O3S/c1-5(2)3-6(8(15)16)13-9(17)14-10-12-4-7(11)18-10/h4-6H,3H2,1-2H3,(H,15,16)(H2,12,13,14,17)/t6-/m0/s1. The lowest BCUT2D eigenvalue weighted by Gasteiger charge is -2.16. The highest BCUT2D eigenvalue weighted by Crippen LogP contribution is 2.22. The Balaban J connectivity index is 2.53. The van der Waals surface area contributed by atoms with E-state index < -0.39 is 18.0 Å². The Morgan fingerprint density at radius 1 is 1.56 bits per heavy atom. The molecule has 0 bridgehead atoms. The van der Waals surface area contributed by atoms with Crippen LogP contribution < -0.4 is 10.6 Å². The molecule has 3 N–H and O–H groups in total. The van der Waals surface area contributed by atoms with Gasteiger partial charge in [-0.15, -0.1) is 0 Å². The number of carboxylic acid groups (broad SMARTS) is 1. The second kappa shape index (κ2) is 6.69. The van der Waals surface area contributed by atoms with Crippen LogP contribution in [0, 0.1) is 5.92 Å². The number of carbonyl (C=O) groups is 2. The van der Waals surface area contributed by atoms with Crippen molar-refractivity contribution in [2.24, 2.45) is 5.92 Å². The predicted octanol–water partition coefficient (Wildman–Crippen LogP) is 2.53. The Morgan fingerprint density at radius 3 is 2.67 bits per heavy atom. The molecule has 0 spiro atoms. The molecule has 1 rings (SSSR count). The van der Waals surface area contributed by atoms with Gasteiger partial charge in [-0.2, -0.15) is 0 Å². The fourth-order valence-corrected chi connectivity index (χ4v) is 2.40. The summed E-state index contributed by atoms with van der Waals surface area (Å²) >= 11 is 4.47. The van der Waals surface area contributed by atoms with Gasteiger partial charge >= 0.3 is 12.0 Å². The van der Waals surface area contributed by atoms with E-state index in [9.17, 15) is 9.59 Å². The zero-order valence-electron chi connectivity index (χ0n) is 9.94. The van der Waals surface area contributed by atoms with E-state index in [0.717, 1.165) is 3.79 Å². The normalized spacial score (nSPS) is 12.2. The number of carbonyl (C=O) groups excluding carboxylic acids is 1. The van der Waals surface area contributed by atoms with Gasteiger partial charge in [0.2, 0.25) is 0 Å². The number of urea groups is 1. The maximum atomic E-state index is 11.6. The molecule has 0 fully saturated rings. The van der Waals surface area contributed by atoms with Crippen LogP contribution in [-0.4, -0.2) is 28.1 Å². The first kappa shape index (κ1) is 14.9. The molecule has 1 heterocycles. The predicted molar refractivity (Wildman–Crippen MR) is 72.8 cm³/mol. The zero-order valence-corrected chi connectivity index (χ0v) is 12.3. The van der Waals surface area contributed by atoms with Gasteiger partial charge in [0.05, 0.1) is 9.98 Å². The zero-order chi connectivity index (χ0) is 13.7. The summed E-state index contributed by atoms with van der Waals surface area (Å²) in [6.07, 6.45) is 1.94. The summed E-state index contributed by atoms with van der Waals surface area (Å²) in [6, 6.07) is -1.46. The summed E-state index contributed by atoms with van der Waals surface area (Å²) in [5, 5.41) is 14.3. The van der Waals surface area contributed by atoms with Crippen molar-refractivity contribution < 1.29 is 14.7 Å². The molecule has 8 heteroatoms. The van der Waals surface area contributed by atoms with Gasteiger partial charge in [-0.1, -0.05) is 25.2 Å². The number of hydrogen-bond donors (Lipinski definition) is 3. The van der Waals surface area contributed by atoms with E-state index >= 15 is 0 Å². The molecule has 0 unspecified atom stereocenters. The number of carboxylic acids is 1. The second-order valence-electron chi connectivity index (χ2n) is 4.09. The highest BCUT2D eigenvalue weighted by molar-refractivity contribution is 9.11. The molecular formula is C10H14BrN3O3S. The molecule has 1 aromatic rings. The number of aromatic nitrogens is 1. The Morgan fingerprint density at radius 2 is 2.22 bits per heavy atom. The monoisotopic (exact) mass is 335 g/mol. The first-order chi connectivity index (χ1) is 8.38. The number of amides is 2. The summed E-state index contributed by atoms with van der Waals surface area (Å²) in [4.78, 5) is 26.5. The third-order valence-electron chi connectivity index (χ3n) is 2.01. The van der Waals surface area contributed by atoms with Gasteiger partial charge in [0.15, 0.2) is 5.13 Å². The lowest BCUT2D eigenvalue weighted by molar-refractivity contribution is -0.139. The van der Waals surface area contributed by atoms with Crippen molar-refractivity contribution in [3.63, 3.8) is 0 Å². The highest BCUT2D eigenvalue weighted by Gasteiger charge is 2.21. The van der Waals surface area contributed by atoms with Crippen LogP contribution in [0.15, 0.2) is 9.98 Å². The van der Waals surface area contributed by atoms with Crippen LogP contribution in [0.5, 0.6) is 0 Å². The minimum Gasteiger partial charge on any atom is -0.480 e. The molecule has 100 valence electrons. The van der Waals surface area contributed by atoms with Crippen molar-refractivity contribution >= 4 is 44.4 Å². The lowest BCUT2D eigenvalue weighted by Crippen LogP contribution is -2.43. The van der Waals surface area contributed by atoms with E-state index in [-0.39, 0.29) is 5.92 Å². The third kappa shape index (κ3) is 5.01. The first-order valence-electron chi connectivity index (χ1n) is 5.30. The summed E-state index contributed by atoms with van der Waals surface area (Å²) in [7, 11) is 0. The van der Waals surface area contributed by atoms with Crippen LogP contribution in [0.3, 0.4) is 0 Å². The molecule has 0 radical (unpaired) electrons. The van der Waals surface area contributed by atoms with Crippen LogP contribution in [0.4, 0.5) is 9.93 Å². The van der Waals surface area contributed by atoms with Crippen molar-refractivity contribution in [1.82, 2.24) is 10.3 Å². The third-order valence-corrected chi connectivity index (χ3v) is 3.40. The molecule has 6 nitrogen and oxygen atoms in total. The number of anilines is 1. The number of nitrogens with zero attached hydrogens (tertiary/aromatic N) is 1. The number of hydrogen-bond acceptors (Lipinski definition) is 4. The van der Waals surface area contributed by atoms with Crippen LogP contribution in [0.1, 0.15) is 20.3 Å². The van der Waals surface area contributed by atoms with Crippen LogP contribution in [0.2, 0.25) is 0 Å². The van der Waals surface area contributed by atoms with Gasteiger partial charge in [-0.25, -0.2) is 14.6 Å². The number of nitrogens with one attached hydrogen (secondary N) is 2. The van der Waals surface area contributed by atoms with Gasteiger partial charge in [0.1, 0.15) is 6.04 Å². The Hall–Kier alpha value is -1.15. The van der Waals surface area contributed by atoms with Gasteiger partial charge in [0.25, 0.3) is 0 Å². The van der Waals surface area contributed by atoms with Crippen molar-refractivity contribution in [3.05, 3.63) is 9.98 Å². The quantitative estimate of drug-likeness (QED) is 0.770.